The van der Waals surface area contributed by atoms with Gasteiger partial charge in [0.25, 0.3) is 0 Å². The topological polar surface area (TPSA) is 43.8 Å². The number of hydrogen-bond acceptors (Lipinski definition) is 2. The summed E-state index contributed by atoms with van der Waals surface area (Å²) in [6.07, 6.45) is 1.06. The van der Waals surface area contributed by atoms with Gasteiger partial charge in [0.15, 0.2) is 0 Å². The second kappa shape index (κ2) is 5.29. The Hall–Kier alpha value is -1.81. The number of anilines is 1. The monoisotopic (exact) mass is 329 g/mol. The van der Waals surface area contributed by atoms with Crippen LogP contribution in [0.3, 0.4) is 0 Å². The molecule has 3 nitrogen and oxygen atoms in total. The molecule has 0 saturated carbocycles. The van der Waals surface area contributed by atoms with Crippen molar-refractivity contribution in [2.75, 3.05) is 5.73 Å². The summed E-state index contributed by atoms with van der Waals surface area (Å²) >= 11 is 3.49. The Morgan fingerprint density at radius 3 is 2.75 bits per heavy atom. The van der Waals surface area contributed by atoms with E-state index in [1.54, 1.807) is 0 Å². The van der Waals surface area contributed by atoms with Crippen LogP contribution in [0.5, 0.6) is 0 Å². The third-order valence-corrected chi connectivity index (χ3v) is 4.09. The molecule has 102 valence electrons. The van der Waals surface area contributed by atoms with Crippen molar-refractivity contribution in [2.24, 2.45) is 0 Å². The molecule has 0 saturated heterocycles. The maximum Gasteiger partial charge on any atom is 0.143 e. The lowest BCUT2D eigenvalue weighted by molar-refractivity contribution is 0.704. The Labute approximate surface area is 126 Å². The summed E-state index contributed by atoms with van der Waals surface area (Å²) in [6, 6.07) is 14.2. The highest BCUT2D eigenvalue weighted by Gasteiger charge is 2.14. The summed E-state index contributed by atoms with van der Waals surface area (Å²) in [4.78, 5) is 4.77. The van der Waals surface area contributed by atoms with Crippen LogP contribution in [0.1, 0.15) is 13.3 Å². The van der Waals surface area contributed by atoms with E-state index < -0.39 is 0 Å². The quantitative estimate of drug-likeness (QED) is 0.721. The molecule has 3 aromatic rings. The van der Waals surface area contributed by atoms with Crippen LogP contribution < -0.4 is 5.73 Å². The molecule has 0 aliphatic heterocycles. The Morgan fingerprint density at radius 1 is 1.15 bits per heavy atom. The molecule has 0 spiro atoms. The van der Waals surface area contributed by atoms with E-state index in [4.69, 9.17) is 10.7 Å². The number of aryl methyl sites for hydroxylation is 1. The maximum absolute atomic E-state index is 6.20. The molecule has 3 rings (SSSR count). The lowest BCUT2D eigenvalue weighted by Gasteiger charge is -2.10. The number of nitrogens with zero attached hydrogens (tertiary/aromatic N) is 2. The number of halogens is 1. The van der Waals surface area contributed by atoms with Crippen molar-refractivity contribution >= 4 is 32.7 Å². The Morgan fingerprint density at radius 2 is 1.95 bits per heavy atom. The van der Waals surface area contributed by atoms with E-state index in [1.807, 2.05) is 36.4 Å². The third kappa shape index (κ3) is 2.10. The minimum absolute atomic E-state index is 0.736. The molecule has 4 heteroatoms. The lowest BCUT2D eigenvalue weighted by Crippen LogP contribution is -2.02. The second-order valence-electron chi connectivity index (χ2n) is 4.78. The second-order valence-corrected chi connectivity index (χ2v) is 5.63. The highest BCUT2D eigenvalue weighted by Crippen LogP contribution is 2.33. The maximum atomic E-state index is 6.20. The van der Waals surface area contributed by atoms with Crippen molar-refractivity contribution in [3.8, 4) is 11.4 Å². The van der Waals surface area contributed by atoms with Gasteiger partial charge in [0.05, 0.1) is 16.7 Å². The zero-order valence-electron chi connectivity index (χ0n) is 11.3. The van der Waals surface area contributed by atoms with Gasteiger partial charge in [-0.1, -0.05) is 25.1 Å². The summed E-state index contributed by atoms with van der Waals surface area (Å²) in [5.74, 6) is 0.937. The number of nitrogens with two attached hydrogens (primary N) is 1. The van der Waals surface area contributed by atoms with Gasteiger partial charge in [-0.2, -0.15) is 0 Å². The summed E-state index contributed by atoms with van der Waals surface area (Å²) in [7, 11) is 0. The van der Waals surface area contributed by atoms with Crippen LogP contribution in [0, 0.1) is 0 Å². The van der Waals surface area contributed by atoms with E-state index in [1.165, 1.54) is 0 Å². The van der Waals surface area contributed by atoms with E-state index in [0.29, 0.717) is 0 Å². The third-order valence-electron chi connectivity index (χ3n) is 3.40. The SMILES string of the molecule is CCCn1c(-c2cccc(Br)c2N)nc2ccccc21. The number of hydrogen-bond donors (Lipinski definition) is 1. The van der Waals surface area contributed by atoms with Gasteiger partial charge in [-0.3, -0.25) is 0 Å². The summed E-state index contributed by atoms with van der Waals surface area (Å²) in [5.41, 5.74) is 10.1. The molecular weight excluding hydrogens is 314 g/mol. The van der Waals surface area contributed by atoms with E-state index in [-0.39, 0.29) is 0 Å². The van der Waals surface area contributed by atoms with E-state index in [2.05, 4.69) is 33.5 Å². The van der Waals surface area contributed by atoms with Crippen LogP contribution in [0.25, 0.3) is 22.4 Å². The van der Waals surface area contributed by atoms with Gasteiger partial charge in [0, 0.05) is 16.6 Å². The number of fused-ring (bicyclic) bond motifs is 1. The zero-order chi connectivity index (χ0) is 14.1. The number of nitrogen functional groups attached to an aromatic ring is 1. The Balaban J connectivity index is 2.29. The van der Waals surface area contributed by atoms with Gasteiger partial charge in [-0.25, -0.2) is 4.98 Å². The molecule has 0 fully saturated rings. The molecule has 0 unspecified atom stereocenters. The first kappa shape index (κ1) is 13.2. The molecule has 20 heavy (non-hydrogen) atoms. The molecule has 0 amide bonds. The molecule has 0 atom stereocenters. The van der Waals surface area contributed by atoms with Crippen molar-refractivity contribution in [3.63, 3.8) is 0 Å². The number of rotatable bonds is 3. The molecule has 1 heterocycles. The molecule has 0 radical (unpaired) electrons. The highest BCUT2D eigenvalue weighted by molar-refractivity contribution is 9.10. The highest BCUT2D eigenvalue weighted by atomic mass is 79.9. The fraction of sp³-hybridized carbons (Fsp3) is 0.188. The molecule has 2 N–H and O–H groups in total. The van der Waals surface area contributed by atoms with E-state index in [9.17, 15) is 0 Å². The zero-order valence-corrected chi connectivity index (χ0v) is 12.9. The van der Waals surface area contributed by atoms with Gasteiger partial charge in [0.2, 0.25) is 0 Å². The normalized spacial score (nSPS) is 11.1. The van der Waals surface area contributed by atoms with Crippen LogP contribution in [-0.4, -0.2) is 9.55 Å². The minimum atomic E-state index is 0.736. The number of imidazole rings is 1. The van der Waals surface area contributed by atoms with Crippen LogP contribution >= 0.6 is 15.9 Å². The van der Waals surface area contributed by atoms with Gasteiger partial charge in [-0.15, -0.1) is 0 Å². The van der Waals surface area contributed by atoms with Gasteiger partial charge in [-0.05, 0) is 46.6 Å². The van der Waals surface area contributed by atoms with E-state index >= 15 is 0 Å². The molecule has 0 aliphatic rings. The Kier molecular flexibility index (Phi) is 3.49. The van der Waals surface area contributed by atoms with Crippen molar-refractivity contribution in [1.82, 2.24) is 9.55 Å². The largest absolute Gasteiger partial charge is 0.397 e. The van der Waals surface area contributed by atoms with Crippen molar-refractivity contribution in [1.29, 1.82) is 0 Å². The molecule has 0 aliphatic carbocycles. The Bertz CT molecular complexity index is 762. The van der Waals surface area contributed by atoms with Crippen LogP contribution in [0.4, 0.5) is 5.69 Å². The lowest BCUT2D eigenvalue weighted by atomic mass is 10.1. The van der Waals surface area contributed by atoms with Crippen molar-refractivity contribution in [2.45, 2.75) is 19.9 Å². The standard InChI is InChI=1S/C16H16BrN3/c1-2-10-20-14-9-4-3-8-13(14)19-16(20)11-6-5-7-12(17)15(11)18/h3-9H,2,10,18H2,1H3. The molecule has 2 aromatic carbocycles. The van der Waals surface area contributed by atoms with Crippen LogP contribution in [0.15, 0.2) is 46.9 Å². The number of aromatic nitrogens is 2. The fourth-order valence-electron chi connectivity index (χ4n) is 2.46. The predicted molar refractivity (Wildman–Crippen MR) is 87.6 cm³/mol. The van der Waals surface area contributed by atoms with Gasteiger partial charge >= 0.3 is 0 Å². The van der Waals surface area contributed by atoms with Gasteiger partial charge < -0.3 is 10.3 Å². The van der Waals surface area contributed by atoms with Crippen LogP contribution in [-0.2, 0) is 6.54 Å². The first-order valence-corrected chi connectivity index (χ1v) is 7.51. The van der Waals surface area contributed by atoms with Crippen LogP contribution in [0.2, 0.25) is 0 Å². The molecular formula is C16H16BrN3. The molecule has 0 bridgehead atoms. The summed E-state index contributed by atoms with van der Waals surface area (Å²) < 4.78 is 3.15. The average Bonchev–Trinajstić information content (AvgIpc) is 2.81. The van der Waals surface area contributed by atoms with Crippen molar-refractivity contribution < 1.29 is 0 Å². The fourth-order valence-corrected chi connectivity index (χ4v) is 2.83. The summed E-state index contributed by atoms with van der Waals surface area (Å²) in [5, 5.41) is 0. The molecule has 1 aromatic heterocycles. The minimum Gasteiger partial charge on any atom is -0.397 e. The first-order valence-electron chi connectivity index (χ1n) is 6.72. The smallest absolute Gasteiger partial charge is 0.143 e. The average molecular weight is 330 g/mol. The van der Waals surface area contributed by atoms with E-state index in [0.717, 1.165) is 45.5 Å². The van der Waals surface area contributed by atoms with Gasteiger partial charge in [0.1, 0.15) is 5.82 Å². The predicted octanol–water partition coefficient (Wildman–Crippen LogP) is 4.46. The van der Waals surface area contributed by atoms with Crippen molar-refractivity contribution in [3.05, 3.63) is 46.9 Å². The number of para-hydroxylation sites is 3. The summed E-state index contributed by atoms with van der Waals surface area (Å²) in [6.45, 7) is 3.10. The first-order chi connectivity index (χ1) is 9.72. The number of benzene rings is 2.